The van der Waals surface area contributed by atoms with Gasteiger partial charge in [-0.3, -0.25) is 14.2 Å². The number of furan rings is 1. The number of aromatic nitrogens is 1. The number of aryl methyl sites for hydroxylation is 1. The van der Waals surface area contributed by atoms with Crippen LogP contribution in [0.15, 0.2) is 39.7 Å². The van der Waals surface area contributed by atoms with Gasteiger partial charge in [-0.2, -0.15) is 0 Å². The van der Waals surface area contributed by atoms with Crippen molar-refractivity contribution in [1.82, 2.24) is 9.88 Å². The zero-order valence-electron chi connectivity index (χ0n) is 19.5. The summed E-state index contributed by atoms with van der Waals surface area (Å²) in [6.45, 7) is 9.78. The third-order valence-electron chi connectivity index (χ3n) is 6.37. The quantitative estimate of drug-likeness (QED) is 0.610. The summed E-state index contributed by atoms with van der Waals surface area (Å²) < 4.78 is 19.9. The molecule has 3 heterocycles. The lowest BCUT2D eigenvalue weighted by Gasteiger charge is -2.32. The van der Waals surface area contributed by atoms with Crippen LogP contribution in [0, 0.1) is 6.92 Å². The van der Waals surface area contributed by atoms with E-state index in [9.17, 15) is 9.59 Å². The van der Waals surface area contributed by atoms with Crippen LogP contribution >= 0.6 is 0 Å². The number of carbonyl (C=O) groups excluding carboxylic acids is 1. The SMILES string of the molecule is CNC(=O)c1c(-n2ccc(C)cc2=O)oc2cc(NC)c(B3OC(C)(C)C(C)(C)O3)cc12. The van der Waals surface area contributed by atoms with Gasteiger partial charge in [0.05, 0.1) is 11.2 Å². The maximum atomic E-state index is 12.9. The summed E-state index contributed by atoms with van der Waals surface area (Å²) in [5, 5.41) is 6.38. The fraction of sp³-hybridized carbons (Fsp3) is 0.391. The number of benzene rings is 1. The van der Waals surface area contributed by atoms with Crippen LogP contribution in [0.1, 0.15) is 43.6 Å². The fourth-order valence-electron chi connectivity index (χ4n) is 3.79. The molecule has 0 radical (unpaired) electrons. The zero-order chi connectivity index (χ0) is 23.4. The van der Waals surface area contributed by atoms with Crippen molar-refractivity contribution in [2.45, 2.75) is 45.8 Å². The van der Waals surface area contributed by atoms with E-state index in [4.69, 9.17) is 13.7 Å². The van der Waals surface area contributed by atoms with E-state index in [0.717, 1.165) is 16.7 Å². The minimum atomic E-state index is -0.634. The Labute approximate surface area is 187 Å². The van der Waals surface area contributed by atoms with Crippen molar-refractivity contribution in [3.05, 3.63) is 51.9 Å². The first kappa shape index (κ1) is 22.2. The number of hydrogen-bond donors (Lipinski definition) is 2. The van der Waals surface area contributed by atoms with Gasteiger partial charge in [0.2, 0.25) is 5.88 Å². The molecule has 1 amide bonds. The lowest BCUT2D eigenvalue weighted by Crippen LogP contribution is -2.41. The van der Waals surface area contributed by atoms with Gasteiger partial charge in [0.1, 0.15) is 11.1 Å². The smallest absolute Gasteiger partial charge is 0.439 e. The van der Waals surface area contributed by atoms with E-state index < -0.39 is 18.3 Å². The summed E-state index contributed by atoms with van der Waals surface area (Å²) >= 11 is 0. The Kier molecular flexibility index (Phi) is 5.22. The largest absolute Gasteiger partial charge is 0.496 e. The molecule has 0 aliphatic carbocycles. The van der Waals surface area contributed by atoms with E-state index in [0.29, 0.717) is 11.0 Å². The Morgan fingerprint density at radius 2 is 1.72 bits per heavy atom. The Morgan fingerprint density at radius 3 is 2.28 bits per heavy atom. The summed E-state index contributed by atoms with van der Waals surface area (Å²) in [6.07, 6.45) is 1.61. The molecule has 32 heavy (non-hydrogen) atoms. The molecular weight excluding hydrogens is 409 g/mol. The highest BCUT2D eigenvalue weighted by molar-refractivity contribution is 6.64. The van der Waals surface area contributed by atoms with E-state index in [1.54, 1.807) is 32.4 Å². The Hall–Kier alpha value is -3.04. The van der Waals surface area contributed by atoms with Crippen LogP contribution in [0.25, 0.3) is 16.9 Å². The second-order valence-electron chi connectivity index (χ2n) is 9.05. The molecule has 0 saturated carbocycles. The summed E-state index contributed by atoms with van der Waals surface area (Å²) in [7, 11) is 2.70. The number of amides is 1. The van der Waals surface area contributed by atoms with Crippen molar-refractivity contribution in [2.24, 2.45) is 0 Å². The zero-order valence-corrected chi connectivity index (χ0v) is 19.5. The van der Waals surface area contributed by atoms with Gasteiger partial charge in [0.15, 0.2) is 0 Å². The Morgan fingerprint density at radius 1 is 1.06 bits per heavy atom. The summed E-state index contributed by atoms with van der Waals surface area (Å²) in [6, 6.07) is 6.91. The number of nitrogens with one attached hydrogen (secondary N) is 2. The first-order chi connectivity index (χ1) is 15.0. The van der Waals surface area contributed by atoms with Gasteiger partial charge < -0.3 is 24.4 Å². The van der Waals surface area contributed by atoms with Crippen LogP contribution in [0.4, 0.5) is 5.69 Å². The Balaban J connectivity index is 1.96. The molecule has 1 aliphatic rings. The molecule has 168 valence electrons. The normalized spacial score (nSPS) is 17.0. The monoisotopic (exact) mass is 437 g/mol. The van der Waals surface area contributed by atoms with Gasteiger partial charge in [-0.1, -0.05) is 0 Å². The minimum Gasteiger partial charge on any atom is -0.439 e. The number of nitrogens with zero attached hydrogens (tertiary/aromatic N) is 1. The highest BCUT2D eigenvalue weighted by Crippen LogP contribution is 2.38. The third kappa shape index (κ3) is 3.41. The van der Waals surface area contributed by atoms with Gasteiger partial charge in [-0.15, -0.1) is 0 Å². The van der Waals surface area contributed by atoms with E-state index in [1.807, 2.05) is 40.7 Å². The third-order valence-corrected chi connectivity index (χ3v) is 6.37. The molecule has 0 atom stereocenters. The molecule has 0 bridgehead atoms. The van der Waals surface area contributed by atoms with Crippen molar-refractivity contribution in [1.29, 1.82) is 0 Å². The van der Waals surface area contributed by atoms with Crippen molar-refractivity contribution in [3.63, 3.8) is 0 Å². The lowest BCUT2D eigenvalue weighted by molar-refractivity contribution is 0.00578. The average Bonchev–Trinajstić information content (AvgIpc) is 3.19. The molecule has 2 aromatic heterocycles. The van der Waals surface area contributed by atoms with Crippen LogP contribution < -0.4 is 21.7 Å². The topological polar surface area (TPSA) is 94.7 Å². The van der Waals surface area contributed by atoms with Crippen LogP contribution in [0.2, 0.25) is 0 Å². The van der Waals surface area contributed by atoms with Crippen LogP contribution in [-0.4, -0.2) is 42.9 Å². The molecule has 2 N–H and O–H groups in total. The summed E-state index contributed by atoms with van der Waals surface area (Å²) in [5.41, 5.74) is 1.74. The molecule has 1 aromatic carbocycles. The Bertz CT molecular complexity index is 1260. The maximum absolute atomic E-state index is 12.9. The maximum Gasteiger partial charge on any atom is 0.496 e. The molecule has 1 fully saturated rings. The summed E-state index contributed by atoms with van der Waals surface area (Å²) in [4.78, 5) is 25.5. The number of fused-ring (bicyclic) bond motifs is 1. The molecule has 9 heteroatoms. The second kappa shape index (κ2) is 7.53. The minimum absolute atomic E-state index is 0.164. The van der Waals surface area contributed by atoms with Crippen LogP contribution in [-0.2, 0) is 9.31 Å². The number of rotatable bonds is 4. The molecule has 0 spiro atoms. The van der Waals surface area contributed by atoms with Gasteiger partial charge >= 0.3 is 7.12 Å². The molecule has 3 aromatic rings. The van der Waals surface area contributed by atoms with Crippen molar-refractivity contribution < 1.29 is 18.5 Å². The molecular formula is C23H28BN3O5. The van der Waals surface area contributed by atoms with Crippen LogP contribution in [0.5, 0.6) is 0 Å². The van der Waals surface area contributed by atoms with Gasteiger partial charge in [0.25, 0.3) is 11.5 Å². The first-order valence-electron chi connectivity index (χ1n) is 10.5. The molecule has 0 unspecified atom stereocenters. The fourth-order valence-corrected chi connectivity index (χ4v) is 3.79. The predicted molar refractivity (Wildman–Crippen MR) is 125 cm³/mol. The van der Waals surface area contributed by atoms with E-state index in [1.165, 1.54) is 10.6 Å². The van der Waals surface area contributed by atoms with E-state index in [2.05, 4.69) is 10.6 Å². The number of hydrogen-bond acceptors (Lipinski definition) is 6. The second-order valence-corrected chi connectivity index (χ2v) is 9.05. The van der Waals surface area contributed by atoms with E-state index >= 15 is 0 Å². The van der Waals surface area contributed by atoms with Crippen molar-refractivity contribution >= 4 is 35.1 Å². The first-order valence-corrected chi connectivity index (χ1v) is 10.5. The van der Waals surface area contributed by atoms with Crippen molar-refractivity contribution in [2.75, 3.05) is 19.4 Å². The highest BCUT2D eigenvalue weighted by Gasteiger charge is 2.52. The number of pyridine rings is 1. The standard InChI is InChI=1S/C23H28BN3O5/c1-13-8-9-27(18(28)10-13)21-19(20(29)26-7)14-11-15(16(25-6)12-17(14)30-21)24-31-22(2,3)23(4,5)32-24/h8-12,25H,1-7H3,(H,26,29). The molecule has 1 saturated heterocycles. The van der Waals surface area contributed by atoms with Crippen molar-refractivity contribution in [3.8, 4) is 5.88 Å². The molecule has 4 rings (SSSR count). The highest BCUT2D eigenvalue weighted by atomic mass is 16.7. The van der Waals surface area contributed by atoms with Gasteiger partial charge in [-0.05, 0) is 52.3 Å². The number of anilines is 1. The molecule has 8 nitrogen and oxygen atoms in total. The summed E-state index contributed by atoms with van der Waals surface area (Å²) in [5.74, 6) is -0.194. The van der Waals surface area contributed by atoms with E-state index in [-0.39, 0.29) is 22.9 Å². The number of carbonyl (C=O) groups is 1. The average molecular weight is 437 g/mol. The van der Waals surface area contributed by atoms with Gasteiger partial charge in [0, 0.05) is 49.0 Å². The van der Waals surface area contributed by atoms with Crippen LogP contribution in [0.3, 0.4) is 0 Å². The van der Waals surface area contributed by atoms with Gasteiger partial charge in [-0.25, -0.2) is 0 Å². The predicted octanol–water partition coefficient (Wildman–Crippen LogP) is 2.59. The lowest BCUT2D eigenvalue weighted by atomic mass is 9.77. The molecule has 1 aliphatic heterocycles.